The molecule has 0 aliphatic rings. The van der Waals surface area contributed by atoms with Crippen LogP contribution in [0.1, 0.15) is 40.1 Å². The maximum atomic E-state index is 13.0. The summed E-state index contributed by atoms with van der Waals surface area (Å²) in [6.07, 6.45) is 0. The fourth-order valence-corrected chi connectivity index (χ4v) is 3.90. The molecule has 39 heavy (non-hydrogen) atoms. The number of benzene rings is 3. The van der Waals surface area contributed by atoms with Gasteiger partial charge in [0.25, 0.3) is 11.8 Å². The number of hydrogen-bond donors (Lipinski definition) is 4. The maximum Gasteiger partial charge on any atom is 0.256 e. The number of nitriles is 1. The number of phenolic OH excluding ortho intramolecular Hbond substituents is 1. The number of anilines is 1. The molecule has 0 fully saturated rings. The molecule has 0 aliphatic heterocycles. The van der Waals surface area contributed by atoms with Gasteiger partial charge in [0.1, 0.15) is 17.4 Å². The summed E-state index contributed by atoms with van der Waals surface area (Å²) < 4.78 is 0. The monoisotopic (exact) mass is 519 g/mol. The summed E-state index contributed by atoms with van der Waals surface area (Å²) in [5.41, 5.74) is 8.26. The molecule has 1 aromatic heterocycles. The maximum absolute atomic E-state index is 13.0. The van der Waals surface area contributed by atoms with Crippen molar-refractivity contribution >= 4 is 17.6 Å². The topological polar surface area (TPSA) is 141 Å². The van der Waals surface area contributed by atoms with Crippen LogP contribution in [0.3, 0.4) is 0 Å². The summed E-state index contributed by atoms with van der Waals surface area (Å²) in [5.74, 6) is -0.668. The third-order valence-corrected chi connectivity index (χ3v) is 6.30. The van der Waals surface area contributed by atoms with Gasteiger partial charge in [0, 0.05) is 28.8 Å². The van der Waals surface area contributed by atoms with E-state index in [0.717, 1.165) is 0 Å². The summed E-state index contributed by atoms with van der Waals surface area (Å²) in [7, 11) is 0. The molecule has 8 nitrogen and oxygen atoms in total. The van der Waals surface area contributed by atoms with Crippen LogP contribution in [-0.4, -0.2) is 35.0 Å². The number of para-hydroxylation sites is 1. The second-order valence-corrected chi connectivity index (χ2v) is 9.86. The highest BCUT2D eigenvalue weighted by Crippen LogP contribution is 2.35. The Labute approximate surface area is 227 Å². The lowest BCUT2D eigenvalue weighted by molar-refractivity contribution is 0.0937. The summed E-state index contributed by atoms with van der Waals surface area (Å²) >= 11 is 0. The van der Waals surface area contributed by atoms with Gasteiger partial charge in [-0.1, -0.05) is 56.3 Å². The number of phenols is 1. The van der Waals surface area contributed by atoms with E-state index >= 15 is 0 Å². The Kier molecular flexibility index (Phi) is 8.04. The highest BCUT2D eigenvalue weighted by Gasteiger charge is 2.21. The van der Waals surface area contributed by atoms with E-state index < -0.39 is 5.91 Å². The van der Waals surface area contributed by atoms with Crippen LogP contribution in [0, 0.1) is 16.7 Å². The van der Waals surface area contributed by atoms with Crippen molar-refractivity contribution in [1.29, 1.82) is 5.26 Å². The van der Waals surface area contributed by atoms with Crippen LogP contribution in [0.4, 0.5) is 5.82 Å². The molecule has 0 unspecified atom stereocenters. The smallest absolute Gasteiger partial charge is 0.256 e. The predicted molar refractivity (Wildman–Crippen MR) is 151 cm³/mol. The van der Waals surface area contributed by atoms with Crippen LogP contribution in [-0.2, 0) is 0 Å². The zero-order chi connectivity index (χ0) is 28.0. The highest BCUT2D eigenvalue weighted by atomic mass is 16.3. The van der Waals surface area contributed by atoms with E-state index in [4.69, 9.17) is 5.73 Å². The number of amides is 2. The minimum Gasteiger partial charge on any atom is -0.507 e. The number of nitrogens with one attached hydrogen (secondary N) is 2. The molecule has 3 aromatic carbocycles. The van der Waals surface area contributed by atoms with Crippen molar-refractivity contribution in [2.45, 2.75) is 13.8 Å². The zero-order valence-corrected chi connectivity index (χ0v) is 21.7. The van der Waals surface area contributed by atoms with Gasteiger partial charge in [-0.2, -0.15) is 5.26 Å². The Morgan fingerprint density at radius 1 is 0.923 bits per heavy atom. The predicted octanol–water partition coefficient (Wildman–Crippen LogP) is 4.96. The first-order chi connectivity index (χ1) is 18.7. The quantitative estimate of drug-likeness (QED) is 0.259. The van der Waals surface area contributed by atoms with Crippen molar-refractivity contribution in [3.05, 3.63) is 102 Å². The van der Waals surface area contributed by atoms with Gasteiger partial charge in [-0.15, -0.1) is 0 Å². The molecule has 1 heterocycles. The van der Waals surface area contributed by atoms with Crippen molar-refractivity contribution in [1.82, 2.24) is 10.3 Å². The first-order valence-electron chi connectivity index (χ1n) is 12.4. The summed E-state index contributed by atoms with van der Waals surface area (Å²) in [5, 5.41) is 26.3. The molecule has 0 bridgehead atoms. The fraction of sp³-hybridized carbons (Fsp3) is 0.161. The van der Waals surface area contributed by atoms with Crippen LogP contribution >= 0.6 is 0 Å². The molecule has 0 spiro atoms. The molecule has 5 N–H and O–H groups in total. The Hall–Kier alpha value is -5.00. The Morgan fingerprint density at radius 3 is 2.31 bits per heavy atom. The summed E-state index contributed by atoms with van der Waals surface area (Å²) in [6.45, 7) is 4.75. The number of aromatic nitrogens is 1. The third-order valence-electron chi connectivity index (χ3n) is 6.30. The van der Waals surface area contributed by atoms with Crippen LogP contribution in [0.15, 0.2) is 84.9 Å². The molecule has 0 radical (unpaired) electrons. The van der Waals surface area contributed by atoms with E-state index in [1.165, 1.54) is 6.07 Å². The first kappa shape index (κ1) is 27.0. The molecule has 8 heteroatoms. The fourth-order valence-electron chi connectivity index (χ4n) is 3.90. The van der Waals surface area contributed by atoms with Crippen molar-refractivity contribution in [2.24, 2.45) is 11.1 Å². The zero-order valence-electron chi connectivity index (χ0n) is 21.7. The van der Waals surface area contributed by atoms with Crippen LogP contribution < -0.4 is 16.4 Å². The Morgan fingerprint density at radius 2 is 1.62 bits per heavy atom. The van der Waals surface area contributed by atoms with Gasteiger partial charge in [0.15, 0.2) is 5.82 Å². The van der Waals surface area contributed by atoms with E-state index in [1.807, 2.05) is 13.8 Å². The number of carbonyl (C=O) groups excluding carboxylic acids is 2. The molecule has 0 saturated carbocycles. The number of rotatable bonds is 8. The largest absolute Gasteiger partial charge is 0.507 e. The lowest BCUT2D eigenvalue weighted by Gasteiger charge is -2.22. The molecule has 196 valence electrons. The average Bonchev–Trinajstić information content (AvgIpc) is 2.96. The standard InChI is InChI=1S/C31H29N5O3/c1-31(2,18-33)19-34-29(38)22-12-8-11-21(15-22)24-16-26(23-13-6-7-14-27(23)37)35-28(25(24)17-32)36-30(39)20-9-4-3-5-10-20/h3-16,37H,18-19,33H2,1-2H3,(H,34,38)(H,35,36,39). The molecule has 4 rings (SSSR count). The van der Waals surface area contributed by atoms with E-state index in [2.05, 4.69) is 21.7 Å². The van der Waals surface area contributed by atoms with Crippen LogP contribution in [0.2, 0.25) is 0 Å². The van der Waals surface area contributed by atoms with Crippen molar-refractivity contribution in [2.75, 3.05) is 18.4 Å². The third kappa shape index (κ3) is 6.29. The minimum absolute atomic E-state index is 0.00311. The van der Waals surface area contributed by atoms with Crippen molar-refractivity contribution in [3.8, 4) is 34.2 Å². The number of hydrogen-bond acceptors (Lipinski definition) is 6. The number of nitrogens with zero attached hydrogens (tertiary/aromatic N) is 2. The summed E-state index contributed by atoms with van der Waals surface area (Å²) in [4.78, 5) is 30.5. The first-order valence-corrected chi connectivity index (χ1v) is 12.4. The molecule has 4 aromatic rings. The SMILES string of the molecule is CC(C)(CN)CNC(=O)c1cccc(-c2cc(-c3ccccc3O)nc(NC(=O)c3ccccc3)c2C#N)c1. The molecular weight excluding hydrogens is 490 g/mol. The van der Waals surface area contributed by atoms with Crippen LogP contribution in [0.5, 0.6) is 5.75 Å². The molecular formula is C31H29N5O3. The average molecular weight is 520 g/mol. The van der Waals surface area contributed by atoms with E-state index in [1.54, 1.807) is 78.9 Å². The van der Waals surface area contributed by atoms with E-state index in [-0.39, 0.29) is 28.5 Å². The number of nitrogens with two attached hydrogens (primary N) is 1. The van der Waals surface area contributed by atoms with Crippen LogP contribution in [0.25, 0.3) is 22.4 Å². The normalized spacial score (nSPS) is 10.9. The number of carbonyl (C=O) groups is 2. The molecule has 0 aliphatic carbocycles. The molecule has 2 amide bonds. The van der Waals surface area contributed by atoms with Gasteiger partial charge < -0.3 is 21.5 Å². The lowest BCUT2D eigenvalue weighted by Crippen LogP contribution is -2.38. The van der Waals surface area contributed by atoms with Gasteiger partial charge in [-0.05, 0) is 60.0 Å². The Balaban J connectivity index is 1.81. The molecule has 0 saturated heterocycles. The van der Waals surface area contributed by atoms with Gasteiger partial charge in [-0.25, -0.2) is 4.98 Å². The summed E-state index contributed by atoms with van der Waals surface area (Å²) in [6, 6.07) is 25.9. The van der Waals surface area contributed by atoms with Gasteiger partial charge >= 0.3 is 0 Å². The lowest BCUT2D eigenvalue weighted by atomic mass is 9.93. The Bertz CT molecular complexity index is 1560. The second-order valence-electron chi connectivity index (χ2n) is 9.86. The number of aromatic hydroxyl groups is 1. The van der Waals surface area contributed by atoms with Gasteiger partial charge in [0.05, 0.1) is 5.69 Å². The van der Waals surface area contributed by atoms with E-state index in [0.29, 0.717) is 46.6 Å². The second kappa shape index (κ2) is 11.6. The highest BCUT2D eigenvalue weighted by molar-refractivity contribution is 6.05. The van der Waals surface area contributed by atoms with E-state index in [9.17, 15) is 20.0 Å². The van der Waals surface area contributed by atoms with Gasteiger partial charge in [0.2, 0.25) is 0 Å². The molecule has 0 atom stereocenters. The van der Waals surface area contributed by atoms with Crippen molar-refractivity contribution in [3.63, 3.8) is 0 Å². The minimum atomic E-state index is -0.435. The van der Waals surface area contributed by atoms with Crippen molar-refractivity contribution < 1.29 is 14.7 Å². The number of pyridine rings is 1. The van der Waals surface area contributed by atoms with Gasteiger partial charge in [-0.3, -0.25) is 9.59 Å².